The highest BCUT2D eigenvalue weighted by Crippen LogP contribution is 2.19. The summed E-state index contributed by atoms with van der Waals surface area (Å²) in [6.45, 7) is 2.95. The van der Waals surface area contributed by atoms with Crippen molar-refractivity contribution >= 4 is 40.2 Å². The fourth-order valence-corrected chi connectivity index (χ4v) is 2.21. The van der Waals surface area contributed by atoms with E-state index in [4.69, 9.17) is 0 Å². The summed E-state index contributed by atoms with van der Waals surface area (Å²) in [6.07, 6.45) is 1.12. The van der Waals surface area contributed by atoms with Crippen LogP contribution in [-0.4, -0.2) is 32.0 Å². The standard InChI is InChI=1S/C15H22BrN3O2.ClH/c1-11(20)19-14(12-4-6-13(16)7-5-12)10-15(21)18-9-3-8-17-2;/h4-7,14,17H,3,8-10H2,1-2H3,(H,18,21)(H,19,20);1H. The zero-order chi connectivity index (χ0) is 15.7. The third-order valence-corrected chi connectivity index (χ3v) is 3.49. The molecular formula is C15H23BrClN3O2. The van der Waals surface area contributed by atoms with Crippen LogP contribution in [-0.2, 0) is 9.59 Å². The molecule has 1 rings (SSSR count). The fraction of sp³-hybridized carbons (Fsp3) is 0.467. The largest absolute Gasteiger partial charge is 0.356 e. The second kappa shape index (κ2) is 11.5. The number of benzene rings is 1. The number of rotatable bonds is 8. The van der Waals surface area contributed by atoms with Gasteiger partial charge in [-0.25, -0.2) is 0 Å². The van der Waals surface area contributed by atoms with Crippen LogP contribution in [0.2, 0.25) is 0 Å². The van der Waals surface area contributed by atoms with E-state index in [1.165, 1.54) is 6.92 Å². The van der Waals surface area contributed by atoms with Crippen LogP contribution in [0.3, 0.4) is 0 Å². The summed E-state index contributed by atoms with van der Waals surface area (Å²) in [5.74, 6) is -0.210. The predicted molar refractivity (Wildman–Crippen MR) is 94.1 cm³/mol. The lowest BCUT2D eigenvalue weighted by Gasteiger charge is -2.18. The van der Waals surface area contributed by atoms with Crippen molar-refractivity contribution in [2.75, 3.05) is 20.1 Å². The van der Waals surface area contributed by atoms with Crippen molar-refractivity contribution in [2.45, 2.75) is 25.8 Å². The van der Waals surface area contributed by atoms with Gasteiger partial charge in [-0.3, -0.25) is 9.59 Å². The lowest BCUT2D eigenvalue weighted by Crippen LogP contribution is -2.33. The van der Waals surface area contributed by atoms with E-state index in [1.807, 2.05) is 31.3 Å². The summed E-state index contributed by atoms with van der Waals surface area (Å²) in [5, 5.41) is 8.71. The molecule has 0 saturated carbocycles. The highest BCUT2D eigenvalue weighted by Gasteiger charge is 2.16. The van der Waals surface area contributed by atoms with Crippen molar-refractivity contribution in [1.29, 1.82) is 0 Å². The quantitative estimate of drug-likeness (QED) is 0.594. The second-order valence-electron chi connectivity index (χ2n) is 4.82. The average Bonchev–Trinajstić information content (AvgIpc) is 2.43. The van der Waals surface area contributed by atoms with Crippen LogP contribution < -0.4 is 16.0 Å². The Balaban J connectivity index is 0.00000441. The molecule has 7 heteroatoms. The van der Waals surface area contributed by atoms with Gasteiger partial charge in [-0.1, -0.05) is 28.1 Å². The molecule has 3 N–H and O–H groups in total. The zero-order valence-electron chi connectivity index (χ0n) is 12.8. The molecule has 22 heavy (non-hydrogen) atoms. The van der Waals surface area contributed by atoms with Crippen LogP contribution >= 0.6 is 28.3 Å². The molecule has 1 atom stereocenters. The van der Waals surface area contributed by atoms with Gasteiger partial charge in [0.2, 0.25) is 11.8 Å². The third kappa shape index (κ3) is 8.36. The molecule has 0 aromatic heterocycles. The topological polar surface area (TPSA) is 70.2 Å². The van der Waals surface area contributed by atoms with E-state index in [1.54, 1.807) is 0 Å². The smallest absolute Gasteiger partial charge is 0.222 e. The monoisotopic (exact) mass is 391 g/mol. The summed E-state index contributed by atoms with van der Waals surface area (Å²) in [7, 11) is 1.88. The minimum atomic E-state index is -0.306. The molecule has 0 aliphatic rings. The number of carbonyl (C=O) groups excluding carboxylic acids is 2. The minimum absolute atomic E-state index is 0. The first-order chi connectivity index (χ1) is 10.0. The first kappa shape index (κ1) is 20.9. The van der Waals surface area contributed by atoms with Crippen LogP contribution in [0.15, 0.2) is 28.7 Å². The number of hydrogen-bond acceptors (Lipinski definition) is 3. The van der Waals surface area contributed by atoms with Gasteiger partial charge in [0.1, 0.15) is 0 Å². The van der Waals surface area contributed by atoms with E-state index in [2.05, 4.69) is 31.9 Å². The lowest BCUT2D eigenvalue weighted by atomic mass is 10.0. The summed E-state index contributed by atoms with van der Waals surface area (Å²) >= 11 is 3.37. The van der Waals surface area contributed by atoms with E-state index >= 15 is 0 Å². The van der Waals surface area contributed by atoms with Crippen molar-refractivity contribution in [3.05, 3.63) is 34.3 Å². The molecule has 5 nitrogen and oxygen atoms in total. The van der Waals surface area contributed by atoms with Crippen molar-refractivity contribution < 1.29 is 9.59 Å². The Kier molecular flexibility index (Phi) is 10.9. The Bertz CT molecular complexity index is 468. The van der Waals surface area contributed by atoms with Crippen molar-refractivity contribution in [1.82, 2.24) is 16.0 Å². The van der Waals surface area contributed by atoms with Crippen molar-refractivity contribution in [3.8, 4) is 0 Å². The van der Waals surface area contributed by atoms with Gasteiger partial charge in [-0.05, 0) is 37.7 Å². The molecule has 1 unspecified atom stereocenters. The van der Waals surface area contributed by atoms with E-state index < -0.39 is 0 Å². The maximum atomic E-state index is 11.9. The van der Waals surface area contributed by atoms with E-state index in [0.717, 1.165) is 23.0 Å². The molecule has 0 radical (unpaired) electrons. The Hall–Kier alpha value is -1.11. The Morgan fingerprint density at radius 3 is 2.36 bits per heavy atom. The molecule has 0 aliphatic carbocycles. The number of carbonyl (C=O) groups is 2. The average molecular weight is 393 g/mol. The molecular weight excluding hydrogens is 370 g/mol. The van der Waals surface area contributed by atoms with Gasteiger partial charge >= 0.3 is 0 Å². The van der Waals surface area contributed by atoms with E-state index in [-0.39, 0.29) is 36.7 Å². The molecule has 0 fully saturated rings. The van der Waals surface area contributed by atoms with Crippen LogP contribution in [0.4, 0.5) is 0 Å². The van der Waals surface area contributed by atoms with Gasteiger partial charge in [0, 0.05) is 17.9 Å². The summed E-state index contributed by atoms with van der Waals surface area (Å²) in [6, 6.07) is 7.29. The number of amides is 2. The fourth-order valence-electron chi connectivity index (χ4n) is 1.94. The van der Waals surface area contributed by atoms with Crippen molar-refractivity contribution in [3.63, 3.8) is 0 Å². The molecule has 1 aromatic carbocycles. The second-order valence-corrected chi connectivity index (χ2v) is 5.73. The Morgan fingerprint density at radius 1 is 1.18 bits per heavy atom. The molecule has 0 aliphatic heterocycles. The van der Waals surface area contributed by atoms with Gasteiger partial charge in [-0.15, -0.1) is 12.4 Å². The summed E-state index contributed by atoms with van der Waals surface area (Å²) in [5.41, 5.74) is 0.916. The lowest BCUT2D eigenvalue weighted by molar-refractivity contribution is -0.122. The first-order valence-electron chi connectivity index (χ1n) is 6.96. The molecule has 0 heterocycles. The normalized spacial score (nSPS) is 11.2. The Morgan fingerprint density at radius 2 is 1.82 bits per heavy atom. The van der Waals surface area contributed by atoms with Crippen LogP contribution in [0.25, 0.3) is 0 Å². The van der Waals surface area contributed by atoms with E-state index in [9.17, 15) is 9.59 Å². The van der Waals surface area contributed by atoms with E-state index in [0.29, 0.717) is 6.54 Å². The van der Waals surface area contributed by atoms with Gasteiger partial charge in [0.15, 0.2) is 0 Å². The van der Waals surface area contributed by atoms with Crippen LogP contribution in [0.1, 0.15) is 31.4 Å². The SMILES string of the molecule is CNCCCNC(=O)CC(NC(C)=O)c1ccc(Br)cc1.Cl. The van der Waals surface area contributed by atoms with Gasteiger partial charge in [0.05, 0.1) is 12.5 Å². The molecule has 2 amide bonds. The van der Waals surface area contributed by atoms with Gasteiger partial charge < -0.3 is 16.0 Å². The third-order valence-electron chi connectivity index (χ3n) is 2.97. The highest BCUT2D eigenvalue weighted by atomic mass is 79.9. The highest BCUT2D eigenvalue weighted by molar-refractivity contribution is 9.10. The molecule has 0 saturated heterocycles. The number of hydrogen-bond donors (Lipinski definition) is 3. The van der Waals surface area contributed by atoms with Gasteiger partial charge in [0.25, 0.3) is 0 Å². The molecule has 0 spiro atoms. The number of halogens is 2. The van der Waals surface area contributed by atoms with Crippen molar-refractivity contribution in [2.24, 2.45) is 0 Å². The van der Waals surface area contributed by atoms with Crippen LogP contribution in [0.5, 0.6) is 0 Å². The predicted octanol–water partition coefficient (Wildman–Crippen LogP) is 2.16. The Labute approximate surface area is 146 Å². The maximum Gasteiger partial charge on any atom is 0.222 e. The zero-order valence-corrected chi connectivity index (χ0v) is 15.2. The first-order valence-corrected chi connectivity index (χ1v) is 7.76. The summed E-state index contributed by atoms with van der Waals surface area (Å²) in [4.78, 5) is 23.3. The number of nitrogens with one attached hydrogen (secondary N) is 3. The summed E-state index contributed by atoms with van der Waals surface area (Å²) < 4.78 is 0.962. The molecule has 0 bridgehead atoms. The van der Waals surface area contributed by atoms with Gasteiger partial charge in [-0.2, -0.15) is 0 Å². The molecule has 1 aromatic rings. The van der Waals surface area contributed by atoms with Crippen LogP contribution in [0, 0.1) is 0 Å². The maximum absolute atomic E-state index is 11.9. The molecule has 124 valence electrons. The minimum Gasteiger partial charge on any atom is -0.356 e.